The number of hydrazine groups is 1. The summed E-state index contributed by atoms with van der Waals surface area (Å²) in [4.78, 5) is 12.2. The van der Waals surface area contributed by atoms with E-state index in [0.717, 1.165) is 17.7 Å². The summed E-state index contributed by atoms with van der Waals surface area (Å²) < 4.78 is 26.4. The highest BCUT2D eigenvalue weighted by molar-refractivity contribution is 6.30. The van der Waals surface area contributed by atoms with Gasteiger partial charge in [-0.15, -0.1) is 0 Å². The summed E-state index contributed by atoms with van der Waals surface area (Å²) in [5, 5.41) is 3.10. The van der Waals surface area contributed by atoms with Crippen LogP contribution in [0.2, 0.25) is 5.02 Å². The molecule has 0 radical (unpaired) electrons. The lowest BCUT2D eigenvalue weighted by Crippen LogP contribution is -2.39. The van der Waals surface area contributed by atoms with Gasteiger partial charge in [-0.25, -0.2) is 19.6 Å². The zero-order valence-corrected chi connectivity index (χ0v) is 12.7. The van der Waals surface area contributed by atoms with Crippen LogP contribution >= 0.6 is 11.6 Å². The van der Waals surface area contributed by atoms with Gasteiger partial charge in [0.1, 0.15) is 17.7 Å². The minimum absolute atomic E-state index is 0.0480. The molecular weight excluding hydrogens is 324 g/mol. The van der Waals surface area contributed by atoms with Gasteiger partial charge in [-0.3, -0.25) is 4.79 Å². The highest BCUT2D eigenvalue weighted by atomic mass is 35.5. The molecule has 0 bridgehead atoms. The van der Waals surface area contributed by atoms with E-state index < -0.39 is 17.7 Å². The molecule has 0 aliphatic carbocycles. The molecule has 23 heavy (non-hydrogen) atoms. The predicted octanol–water partition coefficient (Wildman–Crippen LogP) is 3.16. The Balaban J connectivity index is 1.64. The third-order valence-electron chi connectivity index (χ3n) is 3.68. The van der Waals surface area contributed by atoms with Crippen molar-refractivity contribution in [2.45, 2.75) is 18.5 Å². The molecule has 7 heteroatoms. The maximum absolute atomic E-state index is 13.6. The number of nitrogens with one attached hydrogen (secondary N) is 3. The van der Waals surface area contributed by atoms with Gasteiger partial charge < -0.3 is 5.32 Å². The summed E-state index contributed by atoms with van der Waals surface area (Å²) in [6.07, 6.45) is 0.496. The normalized spacial score (nSPS) is 20.5. The Hall–Kier alpha value is -2.02. The molecule has 2 aromatic carbocycles. The second-order valence-electron chi connectivity index (χ2n) is 5.29. The van der Waals surface area contributed by atoms with Crippen LogP contribution in [-0.2, 0) is 4.79 Å². The Bertz CT molecular complexity index is 724. The van der Waals surface area contributed by atoms with E-state index in [4.69, 9.17) is 11.6 Å². The molecule has 0 saturated carbocycles. The summed E-state index contributed by atoms with van der Waals surface area (Å²) in [5.74, 6) is -1.89. The largest absolute Gasteiger partial charge is 0.322 e. The van der Waals surface area contributed by atoms with E-state index in [1.807, 2.05) is 12.1 Å². The number of hydrogen-bond donors (Lipinski definition) is 3. The van der Waals surface area contributed by atoms with Gasteiger partial charge in [-0.2, -0.15) is 0 Å². The number of hydrogen-bond acceptors (Lipinski definition) is 3. The first-order valence-electron chi connectivity index (χ1n) is 7.05. The van der Waals surface area contributed by atoms with Crippen LogP contribution in [0.5, 0.6) is 0 Å². The molecule has 2 aromatic rings. The molecule has 1 amide bonds. The zero-order valence-electron chi connectivity index (χ0n) is 11.9. The van der Waals surface area contributed by atoms with E-state index in [1.54, 1.807) is 12.1 Å². The third kappa shape index (κ3) is 3.67. The topological polar surface area (TPSA) is 53.2 Å². The molecule has 3 N–H and O–H groups in total. The minimum atomic E-state index is -0.807. The van der Waals surface area contributed by atoms with Crippen molar-refractivity contribution >= 4 is 23.2 Å². The Labute approximate surface area is 136 Å². The number of amides is 1. The quantitative estimate of drug-likeness (QED) is 0.806. The molecule has 2 unspecified atom stereocenters. The molecule has 1 aliphatic heterocycles. The van der Waals surface area contributed by atoms with Crippen LogP contribution in [0.1, 0.15) is 18.0 Å². The van der Waals surface area contributed by atoms with Gasteiger partial charge in [0.05, 0.1) is 5.69 Å². The lowest BCUT2D eigenvalue weighted by atomic mass is 10.0. The fourth-order valence-corrected chi connectivity index (χ4v) is 2.58. The van der Waals surface area contributed by atoms with E-state index in [9.17, 15) is 13.6 Å². The van der Waals surface area contributed by atoms with Crippen LogP contribution in [0.3, 0.4) is 0 Å². The molecule has 0 spiro atoms. The predicted molar refractivity (Wildman–Crippen MR) is 83.9 cm³/mol. The van der Waals surface area contributed by atoms with E-state index in [0.29, 0.717) is 11.4 Å². The van der Waals surface area contributed by atoms with Crippen LogP contribution in [0.15, 0.2) is 42.5 Å². The van der Waals surface area contributed by atoms with Crippen molar-refractivity contribution in [2.24, 2.45) is 0 Å². The molecule has 0 aromatic heterocycles. The molecule has 2 atom stereocenters. The maximum Gasteiger partial charge on any atom is 0.243 e. The highest BCUT2D eigenvalue weighted by Gasteiger charge is 2.30. The average molecular weight is 338 g/mol. The Morgan fingerprint density at radius 2 is 1.87 bits per heavy atom. The van der Waals surface area contributed by atoms with Crippen molar-refractivity contribution in [3.63, 3.8) is 0 Å². The molecule has 1 fully saturated rings. The second kappa shape index (κ2) is 6.62. The summed E-state index contributed by atoms with van der Waals surface area (Å²) in [7, 11) is 0. The number of benzene rings is 2. The molecule has 1 aliphatic rings. The van der Waals surface area contributed by atoms with Gasteiger partial charge in [-0.1, -0.05) is 23.7 Å². The van der Waals surface area contributed by atoms with Crippen LogP contribution in [-0.4, -0.2) is 11.9 Å². The lowest BCUT2D eigenvalue weighted by Gasteiger charge is -2.11. The average Bonchev–Trinajstić information content (AvgIpc) is 3.01. The summed E-state index contributed by atoms with van der Waals surface area (Å²) in [5.41, 5.74) is 6.85. The van der Waals surface area contributed by atoms with E-state index >= 15 is 0 Å². The van der Waals surface area contributed by atoms with Gasteiger partial charge in [0.2, 0.25) is 5.91 Å². The van der Waals surface area contributed by atoms with Crippen LogP contribution in [0.25, 0.3) is 0 Å². The number of halogens is 3. The Morgan fingerprint density at radius 3 is 2.57 bits per heavy atom. The minimum Gasteiger partial charge on any atom is -0.322 e. The third-order valence-corrected chi connectivity index (χ3v) is 3.93. The first-order valence-corrected chi connectivity index (χ1v) is 7.43. The number of carbonyl (C=O) groups is 1. The first kappa shape index (κ1) is 15.9. The Kier molecular flexibility index (Phi) is 4.56. The number of rotatable bonds is 3. The van der Waals surface area contributed by atoms with Crippen molar-refractivity contribution in [3.8, 4) is 0 Å². The van der Waals surface area contributed by atoms with Crippen molar-refractivity contribution < 1.29 is 13.6 Å². The van der Waals surface area contributed by atoms with E-state index in [-0.39, 0.29) is 17.6 Å². The Morgan fingerprint density at radius 1 is 1.13 bits per heavy atom. The smallest absolute Gasteiger partial charge is 0.243 e. The summed E-state index contributed by atoms with van der Waals surface area (Å²) in [6, 6.07) is 9.74. The fraction of sp³-hybridized carbons (Fsp3) is 0.188. The monoisotopic (exact) mass is 337 g/mol. The van der Waals surface area contributed by atoms with Crippen LogP contribution in [0.4, 0.5) is 14.5 Å². The fourth-order valence-electron chi connectivity index (χ4n) is 2.45. The van der Waals surface area contributed by atoms with Gasteiger partial charge in [-0.05, 0) is 36.2 Å². The standard InChI is InChI=1S/C16H14ClF2N3O/c17-10-3-1-9(2-4-10)14-8-15(22-21-14)16(23)20-13-6-5-11(18)7-12(13)19/h1-7,14-15,21-22H,8H2,(H,20,23). The molecule has 3 rings (SSSR count). The van der Waals surface area contributed by atoms with Crippen molar-refractivity contribution in [2.75, 3.05) is 5.32 Å². The van der Waals surface area contributed by atoms with Gasteiger partial charge in [0.15, 0.2) is 0 Å². The van der Waals surface area contributed by atoms with Crippen molar-refractivity contribution in [3.05, 3.63) is 64.7 Å². The molecular formula is C16H14ClF2N3O. The van der Waals surface area contributed by atoms with Gasteiger partial charge >= 0.3 is 0 Å². The van der Waals surface area contributed by atoms with E-state index in [2.05, 4.69) is 16.2 Å². The summed E-state index contributed by atoms with van der Waals surface area (Å²) in [6.45, 7) is 0. The number of anilines is 1. The van der Waals surface area contributed by atoms with Gasteiger partial charge in [0, 0.05) is 17.1 Å². The van der Waals surface area contributed by atoms with Gasteiger partial charge in [0.25, 0.3) is 0 Å². The van der Waals surface area contributed by atoms with Crippen LogP contribution in [0, 0.1) is 11.6 Å². The van der Waals surface area contributed by atoms with Crippen LogP contribution < -0.4 is 16.2 Å². The van der Waals surface area contributed by atoms with E-state index in [1.165, 1.54) is 6.07 Å². The SMILES string of the molecule is O=C(Nc1ccc(F)cc1F)C1CC(c2ccc(Cl)cc2)NN1. The lowest BCUT2D eigenvalue weighted by molar-refractivity contribution is -0.117. The molecule has 120 valence electrons. The molecule has 1 saturated heterocycles. The second-order valence-corrected chi connectivity index (χ2v) is 5.73. The molecule has 4 nitrogen and oxygen atoms in total. The highest BCUT2D eigenvalue weighted by Crippen LogP contribution is 2.24. The number of carbonyl (C=O) groups excluding carboxylic acids is 1. The molecule has 1 heterocycles. The van der Waals surface area contributed by atoms with Crippen molar-refractivity contribution in [1.82, 2.24) is 10.9 Å². The van der Waals surface area contributed by atoms with Crippen molar-refractivity contribution in [1.29, 1.82) is 0 Å². The summed E-state index contributed by atoms with van der Waals surface area (Å²) >= 11 is 5.85. The first-order chi connectivity index (χ1) is 11.0. The zero-order chi connectivity index (χ0) is 16.4. The maximum atomic E-state index is 13.6.